The Hall–Kier alpha value is -8.12. The summed E-state index contributed by atoms with van der Waals surface area (Å²) in [5.74, 6) is 0. The number of nitrogens with two attached hydrogens (primary N) is 4. The molecule has 0 atom stereocenters. The van der Waals surface area contributed by atoms with Gasteiger partial charge in [-0.25, -0.2) is 0 Å². The van der Waals surface area contributed by atoms with Gasteiger partial charge >= 0.3 is 0 Å². The number of hydrogen-bond acceptors (Lipinski definition) is 8. The molecule has 8 heteroatoms. The average Bonchev–Trinajstić information content (AvgIpc) is 0.786. The van der Waals surface area contributed by atoms with Crippen molar-refractivity contribution < 1.29 is 0 Å². The first-order valence-electron chi connectivity index (χ1n) is 46.0. The Morgan fingerprint density at radius 2 is 0.468 bits per heavy atom. The summed E-state index contributed by atoms with van der Waals surface area (Å²) in [5.41, 5.74) is 71.7. The molecule has 8 N–H and O–H groups in total. The lowest BCUT2D eigenvalue weighted by Gasteiger charge is -2.19. The van der Waals surface area contributed by atoms with E-state index in [-0.39, 0.29) is 0 Å². The normalized spacial score (nSPS) is 10.6. The van der Waals surface area contributed by atoms with Crippen LogP contribution in [-0.2, 0) is 77.5 Å². The molecule has 664 valence electrons. The molecule has 0 aliphatic heterocycles. The lowest BCUT2D eigenvalue weighted by Crippen LogP contribution is -2.04. The molecule has 0 unspecified atom stereocenters. The highest BCUT2D eigenvalue weighted by Gasteiger charge is 2.18. The second-order valence-electron chi connectivity index (χ2n) is 34.2. The molecule has 0 bridgehead atoms. The van der Waals surface area contributed by atoms with E-state index in [1.165, 1.54) is 258 Å². The van der Waals surface area contributed by atoms with Gasteiger partial charge in [-0.1, -0.05) is 299 Å². The molecule has 12 rings (SSSR count). The molecular weight excluding hydrogens is 1580 g/mol. The van der Waals surface area contributed by atoms with Crippen molar-refractivity contribution in [3.8, 4) is 44.5 Å². The highest BCUT2D eigenvalue weighted by atomic mass is 32.1. The topological polar surface area (TPSA) is 104 Å². The molecule has 0 spiro atoms. The first-order chi connectivity index (χ1) is 59.2. The van der Waals surface area contributed by atoms with Gasteiger partial charge in [0.15, 0.2) is 0 Å². The zero-order chi connectivity index (χ0) is 91.9. The summed E-state index contributed by atoms with van der Waals surface area (Å²) >= 11 is 17.7. The summed E-state index contributed by atoms with van der Waals surface area (Å²) in [6.45, 7) is 54.9. The van der Waals surface area contributed by atoms with Gasteiger partial charge in [0.1, 0.15) is 0 Å². The van der Waals surface area contributed by atoms with Gasteiger partial charge < -0.3 is 22.9 Å². The maximum absolute atomic E-state index is 5.97. The molecule has 0 aliphatic carbocycles. The van der Waals surface area contributed by atoms with Gasteiger partial charge in [0.2, 0.25) is 0 Å². The Morgan fingerprint density at radius 1 is 0.185 bits per heavy atom. The Balaban J connectivity index is 0.000000258. The molecule has 12 aromatic carbocycles. The third kappa shape index (κ3) is 32.9. The monoisotopic (exact) mass is 1730 g/mol. The van der Waals surface area contributed by atoms with Gasteiger partial charge in [-0.3, -0.25) is 0 Å². The first kappa shape index (κ1) is 106. The van der Waals surface area contributed by atoms with Crippen LogP contribution in [0.3, 0.4) is 0 Å². The van der Waals surface area contributed by atoms with Gasteiger partial charge in [-0.05, 0) is 364 Å². The van der Waals surface area contributed by atoms with Gasteiger partial charge in [-0.2, -0.15) is 0 Å². The van der Waals surface area contributed by atoms with Crippen LogP contribution in [0.4, 0.5) is 0 Å². The van der Waals surface area contributed by atoms with Crippen molar-refractivity contribution in [2.45, 2.75) is 315 Å². The molecule has 0 aliphatic rings. The van der Waals surface area contributed by atoms with Crippen LogP contribution >= 0.6 is 50.5 Å². The van der Waals surface area contributed by atoms with Crippen LogP contribution < -0.4 is 22.9 Å². The van der Waals surface area contributed by atoms with E-state index in [1.54, 1.807) is 0 Å². The fourth-order valence-corrected chi connectivity index (χ4v) is 16.7. The van der Waals surface area contributed by atoms with Crippen LogP contribution in [0, 0.1) is 111 Å². The Kier molecular flexibility index (Phi) is 47.6. The summed E-state index contributed by atoms with van der Waals surface area (Å²) < 4.78 is 0. The van der Waals surface area contributed by atoms with Crippen molar-refractivity contribution >= 4 is 50.5 Å². The predicted molar refractivity (Wildman–Crippen MR) is 562 cm³/mol. The average molecular weight is 1730 g/mol. The van der Waals surface area contributed by atoms with Crippen LogP contribution in [0.15, 0.2) is 214 Å². The molecule has 124 heavy (non-hydrogen) atoms. The number of rotatable bonds is 24. The highest BCUT2D eigenvalue weighted by Crippen LogP contribution is 2.38. The summed E-state index contributed by atoms with van der Waals surface area (Å²) in [7, 11) is 0. The molecule has 4 nitrogen and oxygen atoms in total. The second-order valence-corrected chi connectivity index (χ2v) is 36.1. The zero-order valence-corrected chi connectivity index (χ0v) is 84.3. The Labute approximate surface area is 776 Å². The smallest absolute Gasteiger partial charge is 0.0180 e. The molecule has 0 saturated carbocycles. The lowest BCUT2D eigenvalue weighted by atomic mass is 9.86. The Morgan fingerprint density at radius 3 is 0.887 bits per heavy atom. The summed E-state index contributed by atoms with van der Waals surface area (Å²) in [6, 6.07) is 70.3. The van der Waals surface area contributed by atoms with Crippen molar-refractivity contribution in [3.63, 3.8) is 0 Å². The molecule has 0 amide bonds. The fourth-order valence-electron chi connectivity index (χ4n) is 16.0. The molecular formula is C116H156N4S4. The van der Waals surface area contributed by atoms with Crippen LogP contribution in [-0.4, -0.2) is 0 Å². The second kappa shape index (κ2) is 55.5. The predicted octanol–water partition coefficient (Wildman–Crippen LogP) is 31.7. The van der Waals surface area contributed by atoms with E-state index in [4.69, 9.17) is 22.9 Å². The van der Waals surface area contributed by atoms with Crippen LogP contribution in [0.2, 0.25) is 0 Å². The van der Waals surface area contributed by atoms with E-state index < -0.39 is 0 Å². The highest BCUT2D eigenvalue weighted by molar-refractivity contribution is 7.80. The minimum atomic E-state index is 0.611. The minimum Gasteiger partial charge on any atom is -0.326 e. The third-order valence-corrected chi connectivity index (χ3v) is 25.6. The van der Waals surface area contributed by atoms with Gasteiger partial charge in [0, 0.05) is 45.8 Å². The fraction of sp³-hybridized carbons (Fsp3) is 0.379. The standard InChI is InChI=1S/C24H35N.C23H32S.C15H17N.C14H14S.C12H19N.C11H16S.C9H13N.C8H10S/c1-6-9-19-15-24(20(10-7-2)12-17(19)4)23-13-18(5)22(16-25)14-21(23)11-8-3;1-6-9-18-15-22(19(10-7-2)14-16(18)4)21-12-13-23(24)17(5)20(21)11-8-3;1-11-3-5-13(6-4-11)14-7-8-15(10-16)12(2)9-14;1-10-3-5-12(6-4-10)13-7-8-14(15)11(2)9-13;1-4-5-11-7-12(8-13)10(3)6-9(11)2;1-4-5-10-8(2)6-7-11(12)9(10)3;1-7-3-4-9(6-10)8(2)5-7;1-6-3-4-8(9)7(2)5-6/h12-15H,6-11,16,25H2,1-5H3;12-15,24H,6-11H2,1-5H3;3-9H,10,16H2,1-2H3;3-9,15H,1-2H3;6-7H,4-5,8,13H2,1-3H3;6-7,12H,4-5H2,1-3H3;3-5H,6,10H2,1-2H3;3-5,9H,1-2H3. The van der Waals surface area contributed by atoms with Crippen molar-refractivity contribution in [2.75, 3.05) is 0 Å². The van der Waals surface area contributed by atoms with Gasteiger partial charge in [-0.15, -0.1) is 50.5 Å². The van der Waals surface area contributed by atoms with E-state index in [0.29, 0.717) is 26.2 Å². The Bertz CT molecular complexity index is 5300. The molecule has 0 fully saturated rings. The van der Waals surface area contributed by atoms with E-state index in [1.807, 2.05) is 12.1 Å². The van der Waals surface area contributed by atoms with Gasteiger partial charge in [0.05, 0.1) is 0 Å². The van der Waals surface area contributed by atoms with Crippen molar-refractivity contribution in [1.82, 2.24) is 0 Å². The van der Waals surface area contributed by atoms with E-state index >= 15 is 0 Å². The number of aryl methyl sites for hydroxylation is 20. The number of benzene rings is 12. The maximum atomic E-state index is 5.97. The minimum absolute atomic E-state index is 0.611. The largest absolute Gasteiger partial charge is 0.326 e. The summed E-state index contributed by atoms with van der Waals surface area (Å²) in [5, 5.41) is 0. The quantitative estimate of drug-likeness (QED) is 0.0289. The van der Waals surface area contributed by atoms with Gasteiger partial charge in [0.25, 0.3) is 0 Å². The third-order valence-electron chi connectivity index (χ3n) is 23.6. The lowest BCUT2D eigenvalue weighted by molar-refractivity contribution is 0.891. The zero-order valence-electron chi connectivity index (χ0n) is 80.7. The van der Waals surface area contributed by atoms with Crippen molar-refractivity contribution in [3.05, 3.63) is 350 Å². The van der Waals surface area contributed by atoms with E-state index in [0.717, 1.165) is 64.5 Å². The van der Waals surface area contributed by atoms with Crippen LogP contribution in [0.1, 0.15) is 263 Å². The molecule has 12 aromatic rings. The van der Waals surface area contributed by atoms with Crippen molar-refractivity contribution in [2.24, 2.45) is 22.9 Å². The van der Waals surface area contributed by atoms with Crippen molar-refractivity contribution in [1.29, 1.82) is 0 Å². The number of thiol groups is 4. The first-order valence-corrected chi connectivity index (χ1v) is 47.8. The summed E-state index contributed by atoms with van der Waals surface area (Å²) in [4.78, 5) is 4.34. The number of hydrogen-bond donors (Lipinski definition) is 8. The molecule has 0 heterocycles. The van der Waals surface area contributed by atoms with Crippen LogP contribution in [0.5, 0.6) is 0 Å². The van der Waals surface area contributed by atoms with E-state index in [2.05, 4.69) is 399 Å². The van der Waals surface area contributed by atoms with Crippen LogP contribution in [0.25, 0.3) is 44.5 Å². The molecule has 0 radical (unpaired) electrons. The van der Waals surface area contributed by atoms with E-state index in [9.17, 15) is 0 Å². The SMILES string of the molecule is CCCc1c(C)ccc(S)c1C.CCCc1cc(-c2cc(C)c(CN)cc2CCC)c(CCC)cc1C.CCCc1cc(-c2ccc(S)c(C)c2CCC)c(CCC)cc1C.CCCc1cc(CN)c(C)cc1C.Cc1ccc(-c2ccc(CN)c(C)c2)cc1.Cc1ccc(-c2ccc(S)c(C)c2)cc1.Cc1ccc(CN)c(C)c1.Cc1ccc(S)c(C)c1. The molecule has 0 aromatic heterocycles. The maximum Gasteiger partial charge on any atom is 0.0180 e. The summed E-state index contributed by atoms with van der Waals surface area (Å²) in [6.07, 6.45) is 18.7. The molecule has 0 saturated heterocycles.